The van der Waals surface area contributed by atoms with Crippen LogP contribution in [0.4, 0.5) is 4.39 Å². The lowest BCUT2D eigenvalue weighted by Crippen LogP contribution is -2.04. The minimum Gasteiger partial charge on any atom is -0.374 e. The summed E-state index contributed by atoms with van der Waals surface area (Å²) in [6.45, 7) is 4.14. The van der Waals surface area contributed by atoms with E-state index in [9.17, 15) is 9.18 Å². The number of rotatable bonds is 4. The van der Waals surface area contributed by atoms with Crippen LogP contribution in [0.2, 0.25) is 0 Å². The number of aromatic nitrogens is 1. The maximum absolute atomic E-state index is 13.8. The molecule has 0 N–H and O–H groups in total. The van der Waals surface area contributed by atoms with Crippen molar-refractivity contribution in [1.82, 2.24) is 4.98 Å². The van der Waals surface area contributed by atoms with Gasteiger partial charge in [-0.1, -0.05) is 0 Å². The number of carbonyl (C=O) groups excluding carboxylic acids is 1. The smallest absolute Gasteiger partial charge is 0.219 e. The van der Waals surface area contributed by atoms with Crippen LogP contribution in [0.5, 0.6) is 0 Å². The quantitative estimate of drug-likeness (QED) is 0.614. The molecule has 1 heterocycles. The Bertz CT molecular complexity index is 583. The van der Waals surface area contributed by atoms with Crippen LogP contribution in [0.25, 0.3) is 10.9 Å². The average Bonchev–Trinajstić information content (AvgIpc) is 2.37. The first-order chi connectivity index (χ1) is 8.65. The van der Waals surface area contributed by atoms with E-state index in [1.165, 1.54) is 0 Å². The zero-order valence-electron chi connectivity index (χ0n) is 10.3. The van der Waals surface area contributed by atoms with Crippen molar-refractivity contribution in [2.75, 3.05) is 6.61 Å². The Morgan fingerprint density at radius 3 is 2.89 bits per heavy atom. The molecule has 2 aromatic rings. The summed E-state index contributed by atoms with van der Waals surface area (Å²) in [5.74, 6) is -0.526. The highest BCUT2D eigenvalue weighted by atomic mass is 19.1. The molecule has 1 unspecified atom stereocenters. The van der Waals surface area contributed by atoms with Crippen molar-refractivity contribution in [3.8, 4) is 0 Å². The summed E-state index contributed by atoms with van der Waals surface area (Å²) in [6.07, 6.45) is 0.404. The average molecular weight is 247 g/mol. The molecule has 0 saturated heterocycles. The molecule has 0 fully saturated rings. The Balaban J connectivity index is 2.54. The number of hydrogen-bond donors (Lipinski definition) is 0. The fourth-order valence-electron chi connectivity index (χ4n) is 1.89. The summed E-state index contributed by atoms with van der Waals surface area (Å²) in [4.78, 5) is 14.6. The Morgan fingerprint density at radius 1 is 1.44 bits per heavy atom. The number of benzene rings is 1. The van der Waals surface area contributed by atoms with Crippen LogP contribution in [0.3, 0.4) is 0 Å². The zero-order chi connectivity index (χ0) is 13.1. The third kappa shape index (κ3) is 2.38. The first-order valence-corrected chi connectivity index (χ1v) is 5.82. The topological polar surface area (TPSA) is 39.2 Å². The molecule has 1 aromatic heterocycles. The van der Waals surface area contributed by atoms with Gasteiger partial charge in [0.05, 0.1) is 11.6 Å². The third-order valence-corrected chi connectivity index (χ3v) is 2.81. The van der Waals surface area contributed by atoms with Crippen molar-refractivity contribution in [2.24, 2.45) is 0 Å². The van der Waals surface area contributed by atoms with Crippen LogP contribution >= 0.6 is 0 Å². The standard InChI is InChI=1S/C14H14FNO2/c1-3-18-9(2)12-7-11-6-10(8-17)4-5-13(11)16-14(12)15/h4-9H,3H2,1-2H3. The lowest BCUT2D eigenvalue weighted by atomic mass is 10.1. The lowest BCUT2D eigenvalue weighted by molar-refractivity contribution is 0.0733. The Hall–Kier alpha value is -1.81. The van der Waals surface area contributed by atoms with Crippen molar-refractivity contribution in [3.05, 3.63) is 41.3 Å². The predicted molar refractivity (Wildman–Crippen MR) is 67.1 cm³/mol. The minimum absolute atomic E-state index is 0.355. The van der Waals surface area contributed by atoms with Crippen LogP contribution < -0.4 is 0 Å². The van der Waals surface area contributed by atoms with E-state index in [0.717, 1.165) is 11.7 Å². The number of nitrogens with zero attached hydrogens (tertiary/aromatic N) is 1. The maximum atomic E-state index is 13.8. The summed E-state index contributed by atoms with van der Waals surface area (Å²) in [6, 6.07) is 6.63. The van der Waals surface area contributed by atoms with Gasteiger partial charge < -0.3 is 4.74 Å². The highest BCUT2D eigenvalue weighted by Crippen LogP contribution is 2.24. The van der Waals surface area contributed by atoms with E-state index < -0.39 is 5.95 Å². The molecule has 0 aliphatic rings. The number of fused-ring (bicyclic) bond motifs is 1. The maximum Gasteiger partial charge on any atom is 0.219 e. The monoisotopic (exact) mass is 247 g/mol. The SMILES string of the molecule is CCOC(C)c1cc2cc(C=O)ccc2nc1F. The molecular formula is C14H14FNO2. The second-order valence-electron chi connectivity index (χ2n) is 4.04. The number of pyridine rings is 1. The van der Waals surface area contributed by atoms with Gasteiger partial charge in [0.25, 0.3) is 0 Å². The molecule has 0 saturated carbocycles. The molecule has 2 rings (SSSR count). The Morgan fingerprint density at radius 2 is 2.22 bits per heavy atom. The van der Waals surface area contributed by atoms with E-state index in [1.807, 2.05) is 6.92 Å². The zero-order valence-corrected chi connectivity index (χ0v) is 10.3. The van der Waals surface area contributed by atoms with Crippen LogP contribution in [-0.2, 0) is 4.74 Å². The van der Waals surface area contributed by atoms with Gasteiger partial charge in [-0.15, -0.1) is 0 Å². The molecular weight excluding hydrogens is 233 g/mol. The number of halogens is 1. The molecule has 1 atom stereocenters. The van der Waals surface area contributed by atoms with Crippen LogP contribution in [0, 0.1) is 5.95 Å². The third-order valence-electron chi connectivity index (χ3n) is 2.81. The molecule has 0 aliphatic carbocycles. The highest BCUT2D eigenvalue weighted by Gasteiger charge is 2.13. The van der Waals surface area contributed by atoms with Gasteiger partial charge in [-0.2, -0.15) is 4.39 Å². The van der Waals surface area contributed by atoms with Gasteiger partial charge in [-0.25, -0.2) is 4.98 Å². The second-order valence-corrected chi connectivity index (χ2v) is 4.04. The summed E-state index contributed by atoms with van der Waals surface area (Å²) >= 11 is 0. The van der Waals surface area contributed by atoms with Gasteiger partial charge >= 0.3 is 0 Å². The van der Waals surface area contributed by atoms with Crippen molar-refractivity contribution in [2.45, 2.75) is 20.0 Å². The Labute approximate surface area is 105 Å². The van der Waals surface area contributed by atoms with Crippen molar-refractivity contribution in [1.29, 1.82) is 0 Å². The molecule has 1 aromatic carbocycles. The first kappa shape index (κ1) is 12.6. The summed E-state index contributed by atoms with van der Waals surface area (Å²) in [5.41, 5.74) is 1.49. The lowest BCUT2D eigenvalue weighted by Gasteiger charge is -2.13. The molecule has 94 valence electrons. The summed E-state index contributed by atoms with van der Waals surface area (Å²) in [5, 5.41) is 0.738. The van der Waals surface area contributed by atoms with Crippen LogP contribution in [-0.4, -0.2) is 17.9 Å². The predicted octanol–water partition coefficient (Wildman–Crippen LogP) is 3.28. The molecule has 0 amide bonds. The van der Waals surface area contributed by atoms with Crippen molar-refractivity contribution >= 4 is 17.2 Å². The normalized spacial score (nSPS) is 12.6. The van der Waals surface area contributed by atoms with Gasteiger partial charge in [0.1, 0.15) is 6.29 Å². The number of hydrogen-bond acceptors (Lipinski definition) is 3. The van der Waals surface area contributed by atoms with Crippen molar-refractivity contribution in [3.63, 3.8) is 0 Å². The van der Waals surface area contributed by atoms with Gasteiger partial charge in [0, 0.05) is 23.1 Å². The number of ether oxygens (including phenoxy) is 1. The molecule has 0 bridgehead atoms. The van der Waals surface area contributed by atoms with Gasteiger partial charge in [0.15, 0.2) is 0 Å². The van der Waals surface area contributed by atoms with E-state index in [-0.39, 0.29) is 6.10 Å². The van der Waals surface area contributed by atoms with E-state index in [2.05, 4.69) is 4.98 Å². The minimum atomic E-state index is -0.526. The molecule has 0 radical (unpaired) electrons. The highest BCUT2D eigenvalue weighted by molar-refractivity contribution is 5.87. The van der Waals surface area contributed by atoms with Gasteiger partial charge in [-0.3, -0.25) is 4.79 Å². The van der Waals surface area contributed by atoms with Gasteiger partial charge in [-0.05, 0) is 38.1 Å². The fraction of sp³-hybridized carbons (Fsp3) is 0.286. The molecule has 0 spiro atoms. The largest absolute Gasteiger partial charge is 0.374 e. The van der Waals surface area contributed by atoms with E-state index in [0.29, 0.717) is 23.3 Å². The molecule has 18 heavy (non-hydrogen) atoms. The molecule has 4 heteroatoms. The molecule has 3 nitrogen and oxygen atoms in total. The van der Waals surface area contributed by atoms with E-state index >= 15 is 0 Å². The number of carbonyl (C=O) groups is 1. The van der Waals surface area contributed by atoms with Crippen LogP contribution in [0.1, 0.15) is 35.9 Å². The number of aldehydes is 1. The van der Waals surface area contributed by atoms with Gasteiger partial charge in [0.2, 0.25) is 5.95 Å². The van der Waals surface area contributed by atoms with Crippen LogP contribution in [0.15, 0.2) is 24.3 Å². The second kappa shape index (κ2) is 5.23. The summed E-state index contributed by atoms with van der Waals surface area (Å²) in [7, 11) is 0. The Kier molecular flexibility index (Phi) is 3.67. The van der Waals surface area contributed by atoms with Crippen molar-refractivity contribution < 1.29 is 13.9 Å². The summed E-state index contributed by atoms with van der Waals surface area (Å²) < 4.78 is 19.2. The molecule has 0 aliphatic heterocycles. The fourth-order valence-corrected chi connectivity index (χ4v) is 1.89. The first-order valence-electron chi connectivity index (χ1n) is 5.82. The van der Waals surface area contributed by atoms with E-state index in [4.69, 9.17) is 4.74 Å². The van der Waals surface area contributed by atoms with E-state index in [1.54, 1.807) is 31.2 Å².